The number of methoxy groups -OCH3 is 2. The molecule has 1 aromatic rings. The second kappa shape index (κ2) is 6.73. The van der Waals surface area contributed by atoms with Crippen molar-refractivity contribution in [3.8, 4) is 11.5 Å². The Bertz CT molecular complexity index is 520. The van der Waals surface area contributed by atoms with Crippen LogP contribution in [0.5, 0.6) is 11.5 Å². The van der Waals surface area contributed by atoms with Crippen molar-refractivity contribution in [3.05, 3.63) is 27.8 Å². The van der Waals surface area contributed by atoms with Crippen LogP contribution >= 0.6 is 0 Å². The summed E-state index contributed by atoms with van der Waals surface area (Å²) in [4.78, 5) is 12.8. The molecular formula is C14H20N2O5. The van der Waals surface area contributed by atoms with Gasteiger partial charge in [0.1, 0.15) is 0 Å². The standard InChI is InChI=1S/C14H20N2O5/c1-20-13-6-10(8-15-5-3-4-11(17)9-15)12(16(18)19)7-14(13)21-2/h6-7,11,17H,3-5,8-9H2,1-2H3. The fourth-order valence-electron chi connectivity index (χ4n) is 2.62. The molecule has 2 rings (SSSR count). The number of ether oxygens (including phenoxy) is 2. The van der Waals surface area contributed by atoms with E-state index in [1.54, 1.807) is 6.07 Å². The minimum Gasteiger partial charge on any atom is -0.493 e. The van der Waals surface area contributed by atoms with E-state index in [0.29, 0.717) is 30.2 Å². The number of nitro groups is 1. The maximum absolute atomic E-state index is 11.2. The molecule has 1 aliphatic heterocycles. The summed E-state index contributed by atoms with van der Waals surface area (Å²) in [5, 5.41) is 20.9. The molecule has 1 fully saturated rings. The van der Waals surface area contributed by atoms with E-state index < -0.39 is 4.92 Å². The van der Waals surface area contributed by atoms with Crippen LogP contribution in [0.15, 0.2) is 12.1 Å². The van der Waals surface area contributed by atoms with Gasteiger partial charge in [-0.2, -0.15) is 0 Å². The van der Waals surface area contributed by atoms with Crippen molar-refractivity contribution in [2.75, 3.05) is 27.3 Å². The number of β-amino-alcohol motifs (C(OH)–C–C–N with tert-alkyl or cyclic N) is 1. The summed E-state index contributed by atoms with van der Waals surface area (Å²) in [5.41, 5.74) is 0.569. The number of rotatable bonds is 5. The predicted molar refractivity (Wildman–Crippen MR) is 76.7 cm³/mol. The summed E-state index contributed by atoms with van der Waals surface area (Å²) in [6, 6.07) is 3.02. The molecule has 116 valence electrons. The molecule has 1 saturated heterocycles. The van der Waals surface area contributed by atoms with Gasteiger partial charge >= 0.3 is 0 Å². The minimum atomic E-state index is -0.419. The molecular weight excluding hydrogens is 276 g/mol. The van der Waals surface area contributed by atoms with Crippen LogP contribution in [0.1, 0.15) is 18.4 Å². The van der Waals surface area contributed by atoms with E-state index in [4.69, 9.17) is 9.47 Å². The second-order valence-electron chi connectivity index (χ2n) is 5.12. The number of nitrogens with zero attached hydrogens (tertiary/aromatic N) is 2. The molecule has 7 nitrogen and oxygen atoms in total. The van der Waals surface area contributed by atoms with Crippen LogP contribution in [0.4, 0.5) is 5.69 Å². The van der Waals surface area contributed by atoms with Crippen molar-refractivity contribution >= 4 is 5.69 Å². The molecule has 7 heteroatoms. The first-order valence-electron chi connectivity index (χ1n) is 6.85. The van der Waals surface area contributed by atoms with Gasteiger partial charge in [-0.25, -0.2) is 0 Å². The van der Waals surface area contributed by atoms with E-state index in [1.165, 1.54) is 20.3 Å². The first kappa shape index (κ1) is 15.5. The highest BCUT2D eigenvalue weighted by Gasteiger charge is 2.24. The third kappa shape index (κ3) is 3.62. The molecule has 0 saturated carbocycles. The van der Waals surface area contributed by atoms with Gasteiger partial charge in [0.05, 0.1) is 31.3 Å². The Kier molecular flexibility index (Phi) is 4.98. The summed E-state index contributed by atoms with van der Waals surface area (Å²) in [7, 11) is 2.94. The molecule has 1 atom stereocenters. The zero-order valence-electron chi connectivity index (χ0n) is 12.2. The molecule has 0 bridgehead atoms. The summed E-state index contributed by atoms with van der Waals surface area (Å²) in [5.74, 6) is 0.808. The van der Waals surface area contributed by atoms with Gasteiger partial charge in [0.2, 0.25) is 0 Å². The maximum Gasteiger partial charge on any atom is 0.277 e. The quantitative estimate of drug-likeness (QED) is 0.655. The van der Waals surface area contributed by atoms with E-state index in [1.807, 2.05) is 4.90 Å². The van der Waals surface area contributed by atoms with E-state index in [-0.39, 0.29) is 11.8 Å². The Hall–Kier alpha value is -1.86. The molecule has 0 radical (unpaired) electrons. The largest absolute Gasteiger partial charge is 0.493 e. The van der Waals surface area contributed by atoms with Gasteiger partial charge in [-0.05, 0) is 25.5 Å². The third-order valence-corrected chi connectivity index (χ3v) is 3.66. The average molecular weight is 296 g/mol. The highest BCUT2D eigenvalue weighted by molar-refractivity contribution is 5.54. The topological polar surface area (TPSA) is 85.1 Å². The highest BCUT2D eigenvalue weighted by atomic mass is 16.6. The zero-order chi connectivity index (χ0) is 15.4. The molecule has 1 N–H and O–H groups in total. The Morgan fingerprint density at radius 3 is 2.62 bits per heavy atom. The summed E-state index contributed by atoms with van der Waals surface area (Å²) in [6.07, 6.45) is 1.31. The first-order valence-corrected chi connectivity index (χ1v) is 6.85. The van der Waals surface area contributed by atoms with Crippen LogP contribution in [0.3, 0.4) is 0 Å². The molecule has 0 aliphatic carbocycles. The van der Waals surface area contributed by atoms with Crippen LogP contribution in [-0.2, 0) is 6.54 Å². The van der Waals surface area contributed by atoms with Crippen molar-refractivity contribution in [2.45, 2.75) is 25.5 Å². The summed E-state index contributed by atoms with van der Waals surface area (Å²) in [6.45, 7) is 1.77. The lowest BCUT2D eigenvalue weighted by Crippen LogP contribution is -2.37. The van der Waals surface area contributed by atoms with Gasteiger partial charge in [0.25, 0.3) is 5.69 Å². The number of piperidine rings is 1. The Morgan fingerprint density at radius 1 is 1.38 bits per heavy atom. The molecule has 1 aliphatic rings. The van der Waals surface area contributed by atoms with Crippen LogP contribution in [0.25, 0.3) is 0 Å². The van der Waals surface area contributed by atoms with E-state index >= 15 is 0 Å². The van der Waals surface area contributed by atoms with Gasteiger partial charge in [0.15, 0.2) is 11.5 Å². The first-order chi connectivity index (χ1) is 10.0. The van der Waals surface area contributed by atoms with Gasteiger partial charge in [0, 0.05) is 18.7 Å². The van der Waals surface area contributed by atoms with Gasteiger partial charge in [-0.15, -0.1) is 0 Å². The van der Waals surface area contributed by atoms with E-state index in [0.717, 1.165) is 19.4 Å². The van der Waals surface area contributed by atoms with Crippen LogP contribution in [-0.4, -0.2) is 48.3 Å². The molecule has 21 heavy (non-hydrogen) atoms. The molecule has 1 unspecified atom stereocenters. The number of nitro benzene ring substituents is 1. The van der Waals surface area contributed by atoms with Crippen molar-refractivity contribution in [3.63, 3.8) is 0 Å². The lowest BCUT2D eigenvalue weighted by molar-refractivity contribution is -0.385. The Balaban J connectivity index is 2.29. The second-order valence-corrected chi connectivity index (χ2v) is 5.12. The molecule has 1 aromatic carbocycles. The zero-order valence-corrected chi connectivity index (χ0v) is 12.2. The fourth-order valence-corrected chi connectivity index (χ4v) is 2.62. The number of hydrogen-bond donors (Lipinski definition) is 1. The van der Waals surface area contributed by atoms with Gasteiger partial charge in [-0.3, -0.25) is 15.0 Å². The monoisotopic (exact) mass is 296 g/mol. The third-order valence-electron chi connectivity index (χ3n) is 3.66. The molecule has 0 aromatic heterocycles. The SMILES string of the molecule is COc1cc(CN2CCCC(O)C2)c([N+](=O)[O-])cc1OC. The number of aliphatic hydroxyl groups is 1. The normalized spacial score (nSPS) is 19.3. The summed E-state index contributed by atoms with van der Waals surface area (Å²) < 4.78 is 10.3. The lowest BCUT2D eigenvalue weighted by atomic mass is 10.1. The van der Waals surface area contributed by atoms with Crippen LogP contribution < -0.4 is 9.47 Å². The Labute approximate surface area is 123 Å². The van der Waals surface area contributed by atoms with Gasteiger partial charge in [-0.1, -0.05) is 0 Å². The number of likely N-dealkylation sites (tertiary alicyclic amines) is 1. The highest BCUT2D eigenvalue weighted by Crippen LogP contribution is 2.35. The number of benzene rings is 1. The van der Waals surface area contributed by atoms with E-state index in [9.17, 15) is 15.2 Å². The molecule has 1 heterocycles. The van der Waals surface area contributed by atoms with Crippen molar-refractivity contribution in [1.29, 1.82) is 0 Å². The molecule has 0 amide bonds. The van der Waals surface area contributed by atoms with Crippen molar-refractivity contribution < 1.29 is 19.5 Å². The number of aliphatic hydroxyl groups excluding tert-OH is 1. The van der Waals surface area contributed by atoms with Gasteiger partial charge < -0.3 is 14.6 Å². The maximum atomic E-state index is 11.2. The smallest absolute Gasteiger partial charge is 0.277 e. The average Bonchev–Trinajstić information content (AvgIpc) is 2.46. The Morgan fingerprint density at radius 2 is 2.05 bits per heavy atom. The van der Waals surface area contributed by atoms with E-state index in [2.05, 4.69) is 0 Å². The fraction of sp³-hybridized carbons (Fsp3) is 0.571. The minimum absolute atomic E-state index is 0.00714. The van der Waals surface area contributed by atoms with Crippen molar-refractivity contribution in [1.82, 2.24) is 4.90 Å². The van der Waals surface area contributed by atoms with Crippen molar-refractivity contribution in [2.24, 2.45) is 0 Å². The lowest BCUT2D eigenvalue weighted by Gasteiger charge is -2.29. The number of hydrogen-bond acceptors (Lipinski definition) is 6. The summed E-state index contributed by atoms with van der Waals surface area (Å²) >= 11 is 0. The predicted octanol–water partition coefficient (Wildman–Crippen LogP) is 1.57. The molecule has 0 spiro atoms. The van der Waals surface area contributed by atoms with Crippen LogP contribution in [0, 0.1) is 10.1 Å². The van der Waals surface area contributed by atoms with Crippen LogP contribution in [0.2, 0.25) is 0 Å².